The number of benzene rings is 2. The molecule has 0 spiro atoms. The Bertz CT molecular complexity index is 828. The highest BCUT2D eigenvalue weighted by Crippen LogP contribution is 2.27. The predicted octanol–water partition coefficient (Wildman–Crippen LogP) is 6.54. The molecule has 0 heterocycles. The van der Waals surface area contributed by atoms with E-state index in [1.54, 1.807) is 12.1 Å². The van der Waals surface area contributed by atoms with E-state index < -0.39 is 6.16 Å². The van der Waals surface area contributed by atoms with Crippen LogP contribution >= 0.6 is 0 Å². The van der Waals surface area contributed by atoms with Crippen LogP contribution in [0.5, 0.6) is 5.75 Å². The quantitative estimate of drug-likeness (QED) is 0.414. The number of nitriles is 1. The third kappa shape index (κ3) is 6.09. The van der Waals surface area contributed by atoms with Gasteiger partial charge in [0.25, 0.3) is 0 Å². The summed E-state index contributed by atoms with van der Waals surface area (Å²) in [6, 6.07) is 18.4. The first-order valence-electron chi connectivity index (χ1n) is 10.5. The summed E-state index contributed by atoms with van der Waals surface area (Å²) in [4.78, 5) is 12.0. The molecule has 0 aliphatic heterocycles. The number of carbonyl (C=O) groups excluding carboxylic acids is 1. The molecule has 0 aromatic heterocycles. The van der Waals surface area contributed by atoms with Crippen LogP contribution in [0.1, 0.15) is 51.5 Å². The molecule has 0 radical (unpaired) electrons. The van der Waals surface area contributed by atoms with Crippen molar-refractivity contribution in [1.82, 2.24) is 0 Å². The topological polar surface area (TPSA) is 59.3 Å². The van der Waals surface area contributed by atoms with E-state index in [0.29, 0.717) is 11.7 Å². The van der Waals surface area contributed by atoms with Gasteiger partial charge in [-0.2, -0.15) is 5.26 Å². The summed E-state index contributed by atoms with van der Waals surface area (Å²) in [6.45, 7) is 4.49. The van der Waals surface area contributed by atoms with Gasteiger partial charge in [0.05, 0.1) is 6.07 Å². The van der Waals surface area contributed by atoms with Crippen molar-refractivity contribution in [2.45, 2.75) is 58.5 Å². The standard InChI is InChI=1S/C25H29NO3/c1-3-18(2)16-19-4-8-21(9-5-19)22-10-14-24(15-11-22)29-25(27)28-23-12-6-20(17-26)7-13-23/h4-5,8-11,14-15,18,20,23H,3,6-7,12-13,16H2,1-2H3. The maximum atomic E-state index is 12.0. The second-order valence-electron chi connectivity index (χ2n) is 8.01. The van der Waals surface area contributed by atoms with E-state index in [1.807, 2.05) is 12.1 Å². The lowest BCUT2D eigenvalue weighted by atomic mass is 9.88. The number of hydrogen-bond donors (Lipinski definition) is 0. The van der Waals surface area contributed by atoms with Gasteiger partial charge in [-0.3, -0.25) is 0 Å². The van der Waals surface area contributed by atoms with Gasteiger partial charge in [0.2, 0.25) is 0 Å². The first-order valence-corrected chi connectivity index (χ1v) is 10.5. The summed E-state index contributed by atoms with van der Waals surface area (Å²) in [5.41, 5.74) is 3.58. The zero-order valence-electron chi connectivity index (χ0n) is 17.3. The fraction of sp³-hybridized carbons (Fsp3) is 0.440. The molecule has 152 valence electrons. The number of hydrogen-bond acceptors (Lipinski definition) is 4. The molecule has 1 fully saturated rings. The third-order valence-corrected chi connectivity index (χ3v) is 5.74. The Labute approximate surface area is 173 Å². The van der Waals surface area contributed by atoms with Crippen LogP contribution in [-0.2, 0) is 11.2 Å². The molecule has 1 saturated carbocycles. The van der Waals surface area contributed by atoms with Gasteiger partial charge < -0.3 is 9.47 Å². The maximum absolute atomic E-state index is 12.0. The van der Waals surface area contributed by atoms with Crippen LogP contribution in [0.3, 0.4) is 0 Å². The zero-order chi connectivity index (χ0) is 20.6. The van der Waals surface area contributed by atoms with Gasteiger partial charge in [0.1, 0.15) is 11.9 Å². The highest BCUT2D eigenvalue weighted by atomic mass is 16.7. The molecule has 4 heteroatoms. The number of ether oxygens (including phenoxy) is 2. The minimum Gasteiger partial charge on any atom is -0.431 e. The van der Waals surface area contributed by atoms with Gasteiger partial charge in [-0.15, -0.1) is 0 Å². The van der Waals surface area contributed by atoms with E-state index in [0.717, 1.165) is 43.2 Å². The van der Waals surface area contributed by atoms with Crippen molar-refractivity contribution in [3.63, 3.8) is 0 Å². The third-order valence-electron chi connectivity index (χ3n) is 5.74. The van der Waals surface area contributed by atoms with E-state index in [1.165, 1.54) is 12.0 Å². The van der Waals surface area contributed by atoms with Crippen molar-refractivity contribution in [2.24, 2.45) is 11.8 Å². The number of rotatable bonds is 6. The van der Waals surface area contributed by atoms with Crippen molar-refractivity contribution in [2.75, 3.05) is 0 Å². The van der Waals surface area contributed by atoms with Gasteiger partial charge in [0, 0.05) is 5.92 Å². The molecular weight excluding hydrogens is 362 g/mol. The summed E-state index contributed by atoms with van der Waals surface area (Å²) in [5, 5.41) is 8.93. The highest BCUT2D eigenvalue weighted by Gasteiger charge is 2.24. The minimum atomic E-state index is -0.674. The minimum absolute atomic E-state index is 0.0857. The Kier molecular flexibility index (Phi) is 7.30. The molecule has 29 heavy (non-hydrogen) atoms. The summed E-state index contributed by atoms with van der Waals surface area (Å²) in [5.74, 6) is 1.25. The molecule has 1 aliphatic carbocycles. The van der Waals surface area contributed by atoms with Gasteiger partial charge in [-0.1, -0.05) is 56.7 Å². The molecular formula is C25H29NO3. The molecule has 1 unspecified atom stereocenters. The summed E-state index contributed by atoms with van der Waals surface area (Å²) >= 11 is 0. The SMILES string of the molecule is CCC(C)Cc1ccc(-c2ccc(OC(=O)OC3CCC(C#N)CC3)cc2)cc1. The van der Waals surface area contributed by atoms with Crippen molar-refractivity contribution in [3.8, 4) is 22.9 Å². The van der Waals surface area contributed by atoms with Crippen LogP contribution in [0.15, 0.2) is 48.5 Å². The molecule has 0 bridgehead atoms. The normalized spacial score (nSPS) is 19.8. The largest absolute Gasteiger partial charge is 0.514 e. The van der Waals surface area contributed by atoms with Gasteiger partial charge in [0.15, 0.2) is 0 Å². The average Bonchev–Trinajstić information content (AvgIpc) is 2.75. The van der Waals surface area contributed by atoms with E-state index in [9.17, 15) is 4.79 Å². The van der Waals surface area contributed by atoms with Gasteiger partial charge in [-0.25, -0.2) is 4.79 Å². The van der Waals surface area contributed by atoms with E-state index >= 15 is 0 Å². The van der Waals surface area contributed by atoms with Crippen LogP contribution in [0, 0.1) is 23.2 Å². The van der Waals surface area contributed by atoms with E-state index in [-0.39, 0.29) is 12.0 Å². The van der Waals surface area contributed by atoms with Crippen LogP contribution in [0.4, 0.5) is 4.79 Å². The summed E-state index contributed by atoms with van der Waals surface area (Å²) < 4.78 is 10.7. The first kappa shape index (κ1) is 20.9. The molecule has 2 aromatic carbocycles. The Morgan fingerprint density at radius 2 is 1.62 bits per heavy atom. The maximum Gasteiger partial charge on any atom is 0.514 e. The van der Waals surface area contributed by atoms with Gasteiger partial charge >= 0.3 is 6.16 Å². The first-order chi connectivity index (χ1) is 14.1. The van der Waals surface area contributed by atoms with E-state index in [4.69, 9.17) is 14.7 Å². The van der Waals surface area contributed by atoms with Crippen molar-refractivity contribution < 1.29 is 14.3 Å². The van der Waals surface area contributed by atoms with Crippen LogP contribution < -0.4 is 4.74 Å². The molecule has 2 aromatic rings. The lowest BCUT2D eigenvalue weighted by molar-refractivity contribution is 0.0375. The van der Waals surface area contributed by atoms with Gasteiger partial charge in [-0.05, 0) is 66.8 Å². The van der Waals surface area contributed by atoms with Crippen molar-refractivity contribution >= 4 is 6.16 Å². The Morgan fingerprint density at radius 1 is 1.03 bits per heavy atom. The Hall–Kier alpha value is -2.80. The average molecular weight is 392 g/mol. The number of nitrogens with zero attached hydrogens (tertiary/aromatic N) is 1. The lowest BCUT2D eigenvalue weighted by Crippen LogP contribution is -2.25. The Balaban J connectivity index is 1.52. The van der Waals surface area contributed by atoms with Crippen LogP contribution in [0.25, 0.3) is 11.1 Å². The molecule has 1 atom stereocenters. The smallest absolute Gasteiger partial charge is 0.431 e. The molecule has 4 nitrogen and oxygen atoms in total. The molecule has 0 amide bonds. The molecule has 0 saturated heterocycles. The monoisotopic (exact) mass is 391 g/mol. The predicted molar refractivity (Wildman–Crippen MR) is 114 cm³/mol. The summed E-state index contributed by atoms with van der Waals surface area (Å²) in [6.07, 6.45) is 4.46. The zero-order valence-corrected chi connectivity index (χ0v) is 17.3. The van der Waals surface area contributed by atoms with Crippen LogP contribution in [-0.4, -0.2) is 12.3 Å². The van der Waals surface area contributed by atoms with Crippen molar-refractivity contribution in [1.29, 1.82) is 5.26 Å². The molecule has 0 N–H and O–H groups in total. The fourth-order valence-corrected chi connectivity index (χ4v) is 3.66. The second kappa shape index (κ2) is 10.1. The fourth-order valence-electron chi connectivity index (χ4n) is 3.66. The molecule has 1 aliphatic rings. The lowest BCUT2D eigenvalue weighted by Gasteiger charge is -2.24. The second-order valence-corrected chi connectivity index (χ2v) is 8.01. The van der Waals surface area contributed by atoms with Crippen molar-refractivity contribution in [3.05, 3.63) is 54.1 Å². The summed E-state index contributed by atoms with van der Waals surface area (Å²) in [7, 11) is 0. The number of carbonyl (C=O) groups is 1. The highest BCUT2D eigenvalue weighted by molar-refractivity contribution is 5.67. The van der Waals surface area contributed by atoms with Crippen LogP contribution in [0.2, 0.25) is 0 Å². The van der Waals surface area contributed by atoms with E-state index in [2.05, 4.69) is 44.2 Å². The molecule has 3 rings (SSSR count). The Morgan fingerprint density at radius 3 is 2.17 bits per heavy atom.